The fourth-order valence-electron chi connectivity index (χ4n) is 3.57. The van der Waals surface area contributed by atoms with E-state index in [2.05, 4.69) is 9.88 Å². The molecule has 0 spiro atoms. The number of nitrogens with zero attached hydrogens (tertiary/aromatic N) is 2. The lowest BCUT2D eigenvalue weighted by Crippen LogP contribution is -2.23. The smallest absolute Gasteiger partial charge is 0.337 e. The summed E-state index contributed by atoms with van der Waals surface area (Å²) >= 11 is 0. The number of anilines is 2. The topological polar surface area (TPSA) is 113 Å². The zero-order chi connectivity index (χ0) is 23.6. The SMILES string of the molecule is Cc1ccc(C)c(S(=O)(=O)Nc2ccc(N(C)CCc3c(C)noc3C)c(C(=O)O)c2)c1. The number of hydrogen-bond donors (Lipinski definition) is 2. The summed E-state index contributed by atoms with van der Waals surface area (Å²) in [5.74, 6) is -0.400. The summed E-state index contributed by atoms with van der Waals surface area (Å²) < 4.78 is 33.5. The molecule has 0 amide bonds. The molecule has 0 aliphatic carbocycles. The maximum atomic E-state index is 12.9. The number of aromatic nitrogens is 1. The van der Waals surface area contributed by atoms with E-state index in [9.17, 15) is 18.3 Å². The number of sulfonamides is 1. The fourth-order valence-corrected chi connectivity index (χ4v) is 4.95. The first-order valence-corrected chi connectivity index (χ1v) is 11.6. The highest BCUT2D eigenvalue weighted by Crippen LogP contribution is 2.27. The van der Waals surface area contributed by atoms with Gasteiger partial charge >= 0.3 is 5.97 Å². The van der Waals surface area contributed by atoms with Crippen LogP contribution in [-0.2, 0) is 16.4 Å². The van der Waals surface area contributed by atoms with Crippen molar-refractivity contribution in [1.29, 1.82) is 0 Å². The van der Waals surface area contributed by atoms with Crippen LogP contribution in [0.25, 0.3) is 0 Å². The lowest BCUT2D eigenvalue weighted by molar-refractivity contribution is 0.0697. The van der Waals surface area contributed by atoms with Crippen LogP contribution in [0.4, 0.5) is 11.4 Å². The Morgan fingerprint density at radius 2 is 1.84 bits per heavy atom. The van der Waals surface area contributed by atoms with E-state index in [-0.39, 0.29) is 16.1 Å². The zero-order valence-electron chi connectivity index (χ0n) is 18.8. The second-order valence-corrected chi connectivity index (χ2v) is 9.54. The molecule has 0 aliphatic heterocycles. The number of rotatable bonds is 8. The number of hydrogen-bond acceptors (Lipinski definition) is 6. The van der Waals surface area contributed by atoms with Crippen LogP contribution in [0.2, 0.25) is 0 Å². The Balaban J connectivity index is 1.85. The molecule has 170 valence electrons. The highest BCUT2D eigenvalue weighted by Gasteiger charge is 2.20. The van der Waals surface area contributed by atoms with Crippen LogP contribution in [0.1, 0.15) is 38.5 Å². The molecule has 1 aromatic heterocycles. The van der Waals surface area contributed by atoms with Gasteiger partial charge in [0, 0.05) is 24.8 Å². The molecule has 0 saturated carbocycles. The van der Waals surface area contributed by atoms with Gasteiger partial charge < -0.3 is 14.5 Å². The van der Waals surface area contributed by atoms with Gasteiger partial charge in [-0.05, 0) is 69.5 Å². The molecule has 0 saturated heterocycles. The second-order valence-electron chi connectivity index (χ2n) is 7.89. The molecule has 2 N–H and O–H groups in total. The molecule has 0 bridgehead atoms. The van der Waals surface area contributed by atoms with Crippen molar-refractivity contribution in [3.63, 3.8) is 0 Å². The van der Waals surface area contributed by atoms with E-state index in [0.717, 1.165) is 22.6 Å². The minimum atomic E-state index is -3.87. The number of carbonyl (C=O) groups is 1. The zero-order valence-corrected chi connectivity index (χ0v) is 19.6. The number of carboxylic acid groups (broad SMARTS) is 1. The van der Waals surface area contributed by atoms with Crippen LogP contribution in [0, 0.1) is 27.7 Å². The van der Waals surface area contributed by atoms with Crippen LogP contribution in [0.5, 0.6) is 0 Å². The Morgan fingerprint density at radius 3 is 2.47 bits per heavy atom. The molecule has 32 heavy (non-hydrogen) atoms. The van der Waals surface area contributed by atoms with Crippen molar-refractivity contribution >= 4 is 27.4 Å². The average Bonchev–Trinajstić information content (AvgIpc) is 3.05. The van der Waals surface area contributed by atoms with Gasteiger partial charge in [-0.2, -0.15) is 0 Å². The molecule has 0 fully saturated rings. The van der Waals surface area contributed by atoms with Gasteiger partial charge in [0.1, 0.15) is 5.76 Å². The van der Waals surface area contributed by atoms with Crippen molar-refractivity contribution in [3.05, 3.63) is 70.1 Å². The quantitative estimate of drug-likeness (QED) is 0.524. The second kappa shape index (κ2) is 9.04. The highest BCUT2D eigenvalue weighted by atomic mass is 32.2. The maximum Gasteiger partial charge on any atom is 0.337 e. The maximum absolute atomic E-state index is 12.9. The van der Waals surface area contributed by atoms with Crippen molar-refractivity contribution in [2.45, 2.75) is 39.0 Å². The van der Waals surface area contributed by atoms with E-state index in [1.807, 2.05) is 31.7 Å². The van der Waals surface area contributed by atoms with Crippen LogP contribution >= 0.6 is 0 Å². The van der Waals surface area contributed by atoms with E-state index in [4.69, 9.17) is 4.52 Å². The third kappa shape index (κ3) is 4.94. The summed E-state index contributed by atoms with van der Waals surface area (Å²) in [5, 5.41) is 13.7. The van der Waals surface area contributed by atoms with Crippen LogP contribution in [0.15, 0.2) is 45.8 Å². The predicted molar refractivity (Wildman–Crippen MR) is 123 cm³/mol. The molecule has 0 unspecified atom stereocenters. The lowest BCUT2D eigenvalue weighted by Gasteiger charge is -2.22. The standard InChI is InChI=1S/C23H27N3O5S/c1-14-6-7-15(2)22(12-14)32(29,30)25-18-8-9-21(20(13-18)23(27)28)26(5)11-10-19-16(3)24-31-17(19)4/h6-9,12-13,25H,10-11H2,1-5H3,(H,27,28). The molecule has 1 heterocycles. The number of aromatic carboxylic acids is 1. The van der Waals surface area contributed by atoms with Gasteiger partial charge in [-0.1, -0.05) is 17.3 Å². The van der Waals surface area contributed by atoms with Crippen molar-refractivity contribution in [3.8, 4) is 0 Å². The predicted octanol–water partition coefficient (Wildman–Crippen LogP) is 4.09. The number of carboxylic acids is 1. The molecule has 3 rings (SSSR count). The highest BCUT2D eigenvalue weighted by molar-refractivity contribution is 7.92. The number of benzene rings is 2. The van der Waals surface area contributed by atoms with Gasteiger partial charge in [0.05, 0.1) is 21.8 Å². The van der Waals surface area contributed by atoms with Gasteiger partial charge in [0.2, 0.25) is 0 Å². The summed E-state index contributed by atoms with van der Waals surface area (Å²) in [4.78, 5) is 13.9. The van der Waals surface area contributed by atoms with Gasteiger partial charge in [-0.25, -0.2) is 13.2 Å². The molecule has 0 atom stereocenters. The summed E-state index contributed by atoms with van der Waals surface area (Å²) in [7, 11) is -2.07. The minimum absolute atomic E-state index is 0.00688. The van der Waals surface area contributed by atoms with Gasteiger partial charge in [0.15, 0.2) is 0 Å². The first-order chi connectivity index (χ1) is 15.0. The van der Waals surface area contributed by atoms with E-state index in [1.54, 1.807) is 38.2 Å². The Kier molecular flexibility index (Phi) is 6.59. The van der Waals surface area contributed by atoms with E-state index < -0.39 is 16.0 Å². The van der Waals surface area contributed by atoms with E-state index in [1.165, 1.54) is 6.07 Å². The largest absolute Gasteiger partial charge is 0.478 e. The van der Waals surface area contributed by atoms with Crippen molar-refractivity contribution in [2.24, 2.45) is 0 Å². The lowest BCUT2D eigenvalue weighted by atomic mass is 10.1. The van der Waals surface area contributed by atoms with Crippen LogP contribution in [-0.4, -0.2) is 38.2 Å². The molecule has 9 heteroatoms. The number of nitrogens with one attached hydrogen (secondary N) is 1. The summed E-state index contributed by atoms with van der Waals surface area (Å²) in [6.45, 7) is 7.78. The van der Waals surface area contributed by atoms with E-state index >= 15 is 0 Å². The minimum Gasteiger partial charge on any atom is -0.478 e. The number of aryl methyl sites for hydroxylation is 4. The third-order valence-corrected chi connectivity index (χ3v) is 6.93. The monoisotopic (exact) mass is 457 g/mol. The third-order valence-electron chi connectivity index (χ3n) is 5.40. The Labute approximate surface area is 187 Å². The average molecular weight is 458 g/mol. The molecule has 8 nitrogen and oxygen atoms in total. The van der Waals surface area contributed by atoms with Gasteiger partial charge in [-0.3, -0.25) is 4.72 Å². The molecule has 3 aromatic rings. The van der Waals surface area contributed by atoms with Crippen molar-refractivity contribution in [2.75, 3.05) is 23.2 Å². The summed E-state index contributed by atoms with van der Waals surface area (Å²) in [6.07, 6.45) is 0.637. The van der Waals surface area contributed by atoms with E-state index in [0.29, 0.717) is 24.2 Å². The van der Waals surface area contributed by atoms with Gasteiger partial charge in [-0.15, -0.1) is 0 Å². The Morgan fingerprint density at radius 1 is 1.12 bits per heavy atom. The van der Waals surface area contributed by atoms with Gasteiger partial charge in [0.25, 0.3) is 10.0 Å². The van der Waals surface area contributed by atoms with Crippen LogP contribution < -0.4 is 9.62 Å². The first-order valence-electron chi connectivity index (χ1n) is 10.1. The van der Waals surface area contributed by atoms with Crippen molar-refractivity contribution in [1.82, 2.24) is 5.16 Å². The molecular formula is C23H27N3O5S. The Hall–Kier alpha value is -3.33. The fraction of sp³-hybridized carbons (Fsp3) is 0.304. The van der Waals surface area contributed by atoms with Crippen LogP contribution in [0.3, 0.4) is 0 Å². The summed E-state index contributed by atoms with van der Waals surface area (Å²) in [5.41, 5.74) is 3.91. The van der Waals surface area contributed by atoms with Crippen molar-refractivity contribution < 1.29 is 22.8 Å². The molecule has 0 aliphatic rings. The molecular weight excluding hydrogens is 430 g/mol. The summed E-state index contributed by atoms with van der Waals surface area (Å²) in [6, 6.07) is 9.68. The normalized spacial score (nSPS) is 11.4. The number of likely N-dealkylation sites (N-methyl/N-ethyl adjacent to an activating group) is 1. The molecule has 0 radical (unpaired) electrons. The Bertz CT molecular complexity index is 1250. The first kappa shape index (κ1) is 23.3. The molecule has 2 aromatic carbocycles.